The lowest BCUT2D eigenvalue weighted by Gasteiger charge is -2.25. The van der Waals surface area contributed by atoms with E-state index in [0.29, 0.717) is 11.5 Å². The molecule has 40 heavy (non-hydrogen) atoms. The van der Waals surface area contributed by atoms with Gasteiger partial charge in [0.25, 0.3) is 0 Å². The van der Waals surface area contributed by atoms with Crippen LogP contribution < -0.4 is 10.2 Å². The molecule has 0 bridgehead atoms. The van der Waals surface area contributed by atoms with Crippen LogP contribution in [0.5, 0.6) is 0 Å². The van der Waals surface area contributed by atoms with E-state index in [2.05, 4.69) is 95.4 Å². The minimum absolute atomic E-state index is 0.0327. The van der Waals surface area contributed by atoms with Crippen LogP contribution in [0.2, 0.25) is 0 Å². The van der Waals surface area contributed by atoms with Gasteiger partial charge >= 0.3 is 5.97 Å². The number of nitrogens with zero attached hydrogens (tertiary/aromatic N) is 3. The number of carbonyl (C=O) groups is 1. The maximum absolute atomic E-state index is 12.3. The Hall–Kier alpha value is -4.58. The van der Waals surface area contributed by atoms with E-state index in [0.717, 1.165) is 53.3 Å². The third-order valence-corrected chi connectivity index (χ3v) is 8.03. The van der Waals surface area contributed by atoms with Crippen LogP contribution in [0, 0.1) is 5.92 Å². The molecule has 1 unspecified atom stereocenters. The number of nitrogens with one attached hydrogen (secondary N) is 1. The van der Waals surface area contributed by atoms with Gasteiger partial charge in [0.2, 0.25) is 0 Å². The fraction of sp³-hybridized carbons (Fsp3) is 0.235. The van der Waals surface area contributed by atoms with Crippen molar-refractivity contribution in [2.45, 2.75) is 32.9 Å². The summed E-state index contributed by atoms with van der Waals surface area (Å²) >= 11 is 0. The van der Waals surface area contributed by atoms with Crippen LogP contribution in [0.25, 0.3) is 22.4 Å². The van der Waals surface area contributed by atoms with Crippen LogP contribution in [-0.4, -0.2) is 29.2 Å². The lowest BCUT2D eigenvalue weighted by Crippen LogP contribution is -2.16. The minimum Gasteiger partial charge on any atom is -0.465 e. The Labute approximate surface area is 234 Å². The molecular weight excluding hydrogens is 496 g/mol. The molecule has 4 aromatic carbocycles. The molecule has 0 fully saturated rings. The number of anilines is 3. The van der Waals surface area contributed by atoms with Gasteiger partial charge in [-0.1, -0.05) is 68.4 Å². The molecule has 200 valence electrons. The average molecular weight is 529 g/mol. The van der Waals surface area contributed by atoms with Gasteiger partial charge < -0.3 is 19.5 Å². The SMILES string of the molecule is COC(=O)c1ccc2c(c1)nc(-c1cccc3c1N1CCc4cccc(c41)C(c1ccccc1)N3)n2CC(C)C. The van der Waals surface area contributed by atoms with E-state index < -0.39 is 0 Å². The van der Waals surface area contributed by atoms with Crippen molar-refractivity contribution in [1.29, 1.82) is 0 Å². The Kier molecular flexibility index (Phi) is 5.84. The molecule has 0 saturated heterocycles. The van der Waals surface area contributed by atoms with Crippen LogP contribution in [0.15, 0.2) is 84.9 Å². The number of rotatable bonds is 5. The normalized spacial score (nSPS) is 15.5. The molecule has 0 amide bonds. The number of ether oxygens (including phenoxy) is 1. The largest absolute Gasteiger partial charge is 0.465 e. The maximum atomic E-state index is 12.3. The molecule has 2 aliphatic rings. The Bertz CT molecular complexity index is 1760. The van der Waals surface area contributed by atoms with Gasteiger partial charge in [-0.2, -0.15) is 0 Å². The maximum Gasteiger partial charge on any atom is 0.337 e. The Morgan fingerprint density at radius 1 is 1.00 bits per heavy atom. The van der Waals surface area contributed by atoms with E-state index in [-0.39, 0.29) is 12.0 Å². The predicted molar refractivity (Wildman–Crippen MR) is 160 cm³/mol. The molecular formula is C34H32N4O2. The van der Waals surface area contributed by atoms with E-state index in [1.165, 1.54) is 29.5 Å². The summed E-state index contributed by atoms with van der Waals surface area (Å²) in [7, 11) is 1.41. The zero-order chi connectivity index (χ0) is 27.4. The molecule has 0 saturated carbocycles. The summed E-state index contributed by atoms with van der Waals surface area (Å²) in [5.74, 6) is 0.972. The number of para-hydroxylation sites is 2. The second kappa shape index (κ2) is 9.56. The molecule has 3 heterocycles. The summed E-state index contributed by atoms with van der Waals surface area (Å²) < 4.78 is 7.29. The highest BCUT2D eigenvalue weighted by atomic mass is 16.5. The van der Waals surface area contributed by atoms with Crippen molar-refractivity contribution in [3.63, 3.8) is 0 Å². The Balaban J connectivity index is 1.47. The first-order valence-corrected chi connectivity index (χ1v) is 14.0. The van der Waals surface area contributed by atoms with Gasteiger partial charge in [-0.15, -0.1) is 0 Å². The lowest BCUT2D eigenvalue weighted by atomic mass is 9.95. The number of benzene rings is 4. The molecule has 6 nitrogen and oxygen atoms in total. The van der Waals surface area contributed by atoms with Crippen molar-refractivity contribution < 1.29 is 9.53 Å². The number of methoxy groups -OCH3 is 1. The van der Waals surface area contributed by atoms with Crippen molar-refractivity contribution >= 4 is 34.1 Å². The summed E-state index contributed by atoms with van der Waals surface area (Å²) in [5, 5.41) is 3.92. The van der Waals surface area contributed by atoms with Crippen LogP contribution >= 0.6 is 0 Å². The number of esters is 1. The van der Waals surface area contributed by atoms with Crippen molar-refractivity contribution in [2.75, 3.05) is 23.9 Å². The molecule has 2 aliphatic heterocycles. The minimum atomic E-state index is -0.354. The van der Waals surface area contributed by atoms with Crippen molar-refractivity contribution in [2.24, 2.45) is 5.92 Å². The second-order valence-electron chi connectivity index (χ2n) is 11.1. The Morgan fingerprint density at radius 2 is 1.82 bits per heavy atom. The van der Waals surface area contributed by atoms with Gasteiger partial charge in [0.1, 0.15) is 5.82 Å². The summed E-state index contributed by atoms with van der Waals surface area (Å²) in [6.45, 7) is 6.17. The molecule has 1 atom stereocenters. The molecule has 7 rings (SSSR count). The zero-order valence-corrected chi connectivity index (χ0v) is 23.0. The monoisotopic (exact) mass is 528 g/mol. The number of imidazole rings is 1. The molecule has 1 N–H and O–H groups in total. The van der Waals surface area contributed by atoms with E-state index in [1.807, 2.05) is 18.2 Å². The first-order valence-electron chi connectivity index (χ1n) is 14.0. The molecule has 0 aliphatic carbocycles. The van der Waals surface area contributed by atoms with E-state index in [9.17, 15) is 4.79 Å². The van der Waals surface area contributed by atoms with Crippen molar-refractivity contribution in [1.82, 2.24) is 9.55 Å². The fourth-order valence-electron chi connectivity index (χ4n) is 6.35. The highest BCUT2D eigenvalue weighted by Crippen LogP contribution is 2.51. The number of aromatic nitrogens is 2. The van der Waals surface area contributed by atoms with Gasteiger partial charge in [0.15, 0.2) is 0 Å². The highest BCUT2D eigenvalue weighted by molar-refractivity contribution is 5.97. The van der Waals surface area contributed by atoms with Crippen LogP contribution in [0.4, 0.5) is 17.1 Å². The summed E-state index contributed by atoms with van der Waals surface area (Å²) in [4.78, 5) is 20.0. The van der Waals surface area contributed by atoms with Gasteiger partial charge in [-0.25, -0.2) is 9.78 Å². The van der Waals surface area contributed by atoms with E-state index >= 15 is 0 Å². The third kappa shape index (κ3) is 3.86. The highest BCUT2D eigenvalue weighted by Gasteiger charge is 2.35. The van der Waals surface area contributed by atoms with Crippen molar-refractivity contribution in [3.8, 4) is 11.4 Å². The van der Waals surface area contributed by atoms with E-state index in [1.54, 1.807) is 0 Å². The molecule has 0 spiro atoms. The number of fused-ring (bicyclic) bond motifs is 3. The average Bonchev–Trinajstić information content (AvgIpc) is 3.52. The number of hydrogen-bond donors (Lipinski definition) is 1. The summed E-state index contributed by atoms with van der Waals surface area (Å²) in [6, 6.07) is 29.6. The standard InChI is InChI=1S/C34H32N4O2/c1-21(2)20-38-29-16-15-24(34(39)40-3)19-28(29)36-33(38)26-13-8-14-27-32(26)37-18-17-23-11-7-12-25(31(23)37)30(35-27)22-9-5-4-6-10-22/h4-16,19,21,30,35H,17-18,20H2,1-3H3. The van der Waals surface area contributed by atoms with Crippen molar-refractivity contribution in [3.05, 3.63) is 107 Å². The smallest absolute Gasteiger partial charge is 0.337 e. The fourth-order valence-corrected chi connectivity index (χ4v) is 6.35. The quantitative estimate of drug-likeness (QED) is 0.242. The number of hydrogen-bond acceptors (Lipinski definition) is 5. The molecule has 5 aromatic rings. The van der Waals surface area contributed by atoms with Crippen LogP contribution in [-0.2, 0) is 17.7 Å². The Morgan fingerprint density at radius 3 is 2.62 bits per heavy atom. The third-order valence-electron chi connectivity index (χ3n) is 8.03. The van der Waals surface area contributed by atoms with Crippen LogP contribution in [0.3, 0.4) is 0 Å². The van der Waals surface area contributed by atoms with Gasteiger partial charge in [-0.05, 0) is 53.8 Å². The molecule has 1 aromatic heterocycles. The zero-order valence-electron chi connectivity index (χ0n) is 23.0. The first kappa shape index (κ1) is 24.5. The molecule has 0 radical (unpaired) electrons. The number of carbonyl (C=O) groups excluding carboxylic acids is 1. The first-order chi connectivity index (χ1) is 19.5. The van der Waals surface area contributed by atoms with Gasteiger partial charge in [-0.3, -0.25) is 0 Å². The molecule has 6 heteroatoms. The second-order valence-corrected chi connectivity index (χ2v) is 11.1. The summed E-state index contributed by atoms with van der Waals surface area (Å²) in [6.07, 6.45) is 1.00. The van der Waals surface area contributed by atoms with Gasteiger partial charge in [0, 0.05) is 24.2 Å². The van der Waals surface area contributed by atoms with Gasteiger partial charge in [0.05, 0.1) is 46.8 Å². The summed E-state index contributed by atoms with van der Waals surface area (Å²) in [5.41, 5.74) is 10.9. The van der Waals surface area contributed by atoms with E-state index in [4.69, 9.17) is 9.72 Å². The lowest BCUT2D eigenvalue weighted by molar-refractivity contribution is 0.0601. The van der Waals surface area contributed by atoms with Crippen LogP contribution in [0.1, 0.15) is 46.9 Å². The predicted octanol–water partition coefficient (Wildman–Crippen LogP) is 7.36. The topological polar surface area (TPSA) is 59.4 Å².